The van der Waals surface area contributed by atoms with Gasteiger partial charge in [-0.2, -0.15) is 0 Å². The van der Waals surface area contributed by atoms with Crippen molar-refractivity contribution >= 4 is 39.1 Å². The molecule has 0 spiro atoms. The van der Waals surface area contributed by atoms with Crippen LogP contribution in [0.15, 0.2) is 71.6 Å². The number of nitrogens with zero attached hydrogens (tertiary/aromatic N) is 1. The monoisotopic (exact) mass is 497 g/mol. The number of sulfonamides is 1. The van der Waals surface area contributed by atoms with Gasteiger partial charge in [-0.15, -0.1) is 0 Å². The van der Waals surface area contributed by atoms with Gasteiger partial charge in [-0.3, -0.25) is 14.4 Å². The molecule has 1 heterocycles. The average molecular weight is 498 g/mol. The molecule has 0 aliphatic carbocycles. The maximum absolute atomic E-state index is 13.0. The lowest BCUT2D eigenvalue weighted by atomic mass is 10.1. The number of fused-ring (bicyclic) bond motifs is 1. The molecule has 1 aliphatic heterocycles. The lowest BCUT2D eigenvalue weighted by molar-refractivity contribution is 0.102. The standard InChI is InChI=1S/C24H23N3O7S/c1-27(24(29)32-2)17-9-7-16(8-10-17)25-23(28)19-5-3-4-6-20(19)26-35(30,31)18-11-12-21-22(15-18)34-14-13-33-21/h3-12,15,26H,13-14H2,1-2H3,(H,25,28). The number of benzene rings is 3. The third-order valence-corrected chi connectivity index (χ3v) is 6.56. The summed E-state index contributed by atoms with van der Waals surface area (Å²) in [4.78, 5) is 25.9. The molecule has 3 aromatic rings. The van der Waals surface area contributed by atoms with E-state index in [1.54, 1.807) is 43.4 Å². The van der Waals surface area contributed by atoms with Crippen molar-refractivity contribution in [1.82, 2.24) is 0 Å². The molecule has 0 radical (unpaired) electrons. The van der Waals surface area contributed by atoms with Gasteiger partial charge in [-0.25, -0.2) is 13.2 Å². The highest BCUT2D eigenvalue weighted by atomic mass is 32.2. The Morgan fingerprint density at radius 2 is 1.63 bits per heavy atom. The zero-order chi connectivity index (χ0) is 25.0. The van der Waals surface area contributed by atoms with Gasteiger partial charge in [0.15, 0.2) is 11.5 Å². The SMILES string of the molecule is COC(=O)N(C)c1ccc(NC(=O)c2ccccc2NS(=O)(=O)c2ccc3c(c2)OCCO3)cc1. The smallest absolute Gasteiger partial charge is 0.413 e. The van der Waals surface area contributed by atoms with Crippen molar-refractivity contribution in [3.05, 3.63) is 72.3 Å². The molecule has 11 heteroatoms. The van der Waals surface area contributed by atoms with Crippen molar-refractivity contribution in [2.24, 2.45) is 0 Å². The molecule has 0 saturated carbocycles. The van der Waals surface area contributed by atoms with Crippen molar-refractivity contribution in [3.8, 4) is 11.5 Å². The Kier molecular flexibility index (Phi) is 6.78. The fourth-order valence-electron chi connectivity index (χ4n) is 3.37. The van der Waals surface area contributed by atoms with E-state index in [0.29, 0.717) is 36.1 Å². The molecule has 10 nitrogen and oxygen atoms in total. The first-order valence-corrected chi connectivity index (χ1v) is 12.0. The van der Waals surface area contributed by atoms with Gasteiger partial charge in [-0.1, -0.05) is 12.1 Å². The molecule has 4 rings (SSSR count). The van der Waals surface area contributed by atoms with E-state index >= 15 is 0 Å². The van der Waals surface area contributed by atoms with Crippen molar-refractivity contribution in [3.63, 3.8) is 0 Å². The van der Waals surface area contributed by atoms with Crippen LogP contribution in [-0.2, 0) is 14.8 Å². The molecule has 2 amide bonds. The number of rotatable bonds is 6. The molecule has 0 aromatic heterocycles. The molecule has 0 saturated heterocycles. The normalized spacial score (nSPS) is 12.4. The van der Waals surface area contributed by atoms with E-state index in [-0.39, 0.29) is 16.1 Å². The Bertz CT molecular complexity index is 1360. The summed E-state index contributed by atoms with van der Waals surface area (Å²) in [6, 6.07) is 17.1. The third kappa shape index (κ3) is 5.30. The van der Waals surface area contributed by atoms with Gasteiger partial charge < -0.3 is 19.5 Å². The maximum atomic E-state index is 13.0. The molecule has 2 N–H and O–H groups in total. The molecule has 0 bridgehead atoms. The second kappa shape index (κ2) is 9.94. The van der Waals surface area contributed by atoms with E-state index in [4.69, 9.17) is 9.47 Å². The van der Waals surface area contributed by atoms with Gasteiger partial charge in [-0.05, 0) is 48.5 Å². The quantitative estimate of drug-likeness (QED) is 0.532. The first-order chi connectivity index (χ1) is 16.8. The van der Waals surface area contributed by atoms with E-state index in [1.165, 1.54) is 42.3 Å². The molecule has 0 atom stereocenters. The van der Waals surface area contributed by atoms with Gasteiger partial charge >= 0.3 is 6.09 Å². The van der Waals surface area contributed by atoms with Crippen LogP contribution in [0.2, 0.25) is 0 Å². The molecule has 0 unspecified atom stereocenters. The molecule has 3 aromatic carbocycles. The summed E-state index contributed by atoms with van der Waals surface area (Å²) in [5.74, 6) is 0.296. The summed E-state index contributed by atoms with van der Waals surface area (Å²) < 4.78 is 44.1. The predicted molar refractivity (Wildman–Crippen MR) is 130 cm³/mol. The van der Waals surface area contributed by atoms with Gasteiger partial charge in [0, 0.05) is 24.5 Å². The van der Waals surface area contributed by atoms with Crippen LogP contribution < -0.4 is 24.4 Å². The lowest BCUT2D eigenvalue weighted by Gasteiger charge is -2.19. The number of carbonyl (C=O) groups excluding carboxylic acids is 2. The Morgan fingerprint density at radius 1 is 0.943 bits per heavy atom. The van der Waals surface area contributed by atoms with Crippen LogP contribution in [-0.4, -0.2) is 47.8 Å². The second-order valence-electron chi connectivity index (χ2n) is 7.49. The fourth-order valence-corrected chi connectivity index (χ4v) is 4.47. The van der Waals surface area contributed by atoms with Crippen molar-refractivity contribution < 1.29 is 32.2 Å². The van der Waals surface area contributed by atoms with Crippen LogP contribution in [0, 0.1) is 0 Å². The Balaban J connectivity index is 1.52. The van der Waals surface area contributed by atoms with E-state index in [9.17, 15) is 18.0 Å². The van der Waals surface area contributed by atoms with Gasteiger partial charge in [0.05, 0.1) is 23.3 Å². The predicted octanol–water partition coefficient (Wildman–Crippen LogP) is 3.71. The highest BCUT2D eigenvalue weighted by Crippen LogP contribution is 2.33. The summed E-state index contributed by atoms with van der Waals surface area (Å²) in [6.45, 7) is 0.720. The lowest BCUT2D eigenvalue weighted by Crippen LogP contribution is -2.25. The van der Waals surface area contributed by atoms with Crippen LogP contribution in [0.5, 0.6) is 11.5 Å². The molecule has 1 aliphatic rings. The fraction of sp³-hybridized carbons (Fsp3) is 0.167. The highest BCUT2D eigenvalue weighted by molar-refractivity contribution is 7.92. The third-order valence-electron chi connectivity index (χ3n) is 5.20. The molecule has 0 fully saturated rings. The maximum Gasteiger partial charge on any atom is 0.413 e. The number of methoxy groups -OCH3 is 1. The van der Waals surface area contributed by atoms with Crippen molar-refractivity contribution in [1.29, 1.82) is 0 Å². The second-order valence-corrected chi connectivity index (χ2v) is 9.17. The number of hydrogen-bond donors (Lipinski definition) is 2. The van der Waals surface area contributed by atoms with Crippen molar-refractivity contribution in [2.75, 3.05) is 42.3 Å². The van der Waals surface area contributed by atoms with Crippen LogP contribution in [0.25, 0.3) is 0 Å². The number of carbonyl (C=O) groups is 2. The van der Waals surface area contributed by atoms with E-state index < -0.39 is 22.0 Å². The largest absolute Gasteiger partial charge is 0.486 e. The topological polar surface area (TPSA) is 123 Å². The van der Waals surface area contributed by atoms with Crippen LogP contribution in [0.4, 0.5) is 21.9 Å². The number of nitrogens with one attached hydrogen (secondary N) is 2. The first kappa shape index (κ1) is 23.9. The number of ether oxygens (including phenoxy) is 3. The Labute approximate surface area is 202 Å². The number of amides is 2. The Morgan fingerprint density at radius 3 is 2.34 bits per heavy atom. The van der Waals surface area contributed by atoms with E-state index in [1.807, 2.05) is 0 Å². The summed E-state index contributed by atoms with van der Waals surface area (Å²) >= 11 is 0. The Hall–Kier alpha value is -4.25. The molecule has 35 heavy (non-hydrogen) atoms. The zero-order valence-corrected chi connectivity index (χ0v) is 19.8. The van der Waals surface area contributed by atoms with Crippen LogP contribution in [0.3, 0.4) is 0 Å². The van der Waals surface area contributed by atoms with E-state index in [2.05, 4.69) is 14.8 Å². The molecular formula is C24H23N3O7S. The van der Waals surface area contributed by atoms with Gasteiger partial charge in [0.25, 0.3) is 15.9 Å². The number of para-hydroxylation sites is 1. The minimum atomic E-state index is -4.02. The zero-order valence-electron chi connectivity index (χ0n) is 19.0. The van der Waals surface area contributed by atoms with Gasteiger partial charge in [0.1, 0.15) is 13.2 Å². The van der Waals surface area contributed by atoms with Crippen molar-refractivity contribution in [2.45, 2.75) is 4.90 Å². The molecule has 182 valence electrons. The average Bonchev–Trinajstić information content (AvgIpc) is 2.88. The van der Waals surface area contributed by atoms with Crippen LogP contribution in [0.1, 0.15) is 10.4 Å². The first-order valence-electron chi connectivity index (χ1n) is 10.5. The van der Waals surface area contributed by atoms with Gasteiger partial charge in [0.2, 0.25) is 0 Å². The van der Waals surface area contributed by atoms with E-state index in [0.717, 1.165) is 0 Å². The summed E-state index contributed by atoms with van der Waals surface area (Å²) in [5.41, 5.74) is 1.27. The minimum absolute atomic E-state index is 0.0257. The number of hydrogen-bond acceptors (Lipinski definition) is 7. The number of anilines is 3. The minimum Gasteiger partial charge on any atom is -0.486 e. The molecular weight excluding hydrogens is 474 g/mol. The summed E-state index contributed by atoms with van der Waals surface area (Å²) in [6.07, 6.45) is -0.527. The summed E-state index contributed by atoms with van der Waals surface area (Å²) in [5, 5.41) is 2.73. The van der Waals surface area contributed by atoms with Crippen LogP contribution >= 0.6 is 0 Å². The highest BCUT2D eigenvalue weighted by Gasteiger charge is 2.22. The summed E-state index contributed by atoms with van der Waals surface area (Å²) in [7, 11) is -1.17.